The number of carboxylic acid groups (broad SMARTS) is 1. The first kappa shape index (κ1) is 15.6. The van der Waals surface area contributed by atoms with Crippen molar-refractivity contribution in [3.8, 4) is 0 Å². The third-order valence-corrected chi connectivity index (χ3v) is 2.35. The number of nitrogens with two attached hydrogens (primary N) is 2. The molecule has 0 aliphatic carbocycles. The molecular weight excluding hydrogens is 225 g/mol. The van der Waals surface area contributed by atoms with Gasteiger partial charge in [0, 0.05) is 0 Å². The molecule has 0 spiro atoms. The highest BCUT2D eigenvalue weighted by atomic mass is 19.1. The number of carbonyl (C=O) groups is 1. The molecule has 0 amide bonds. The lowest BCUT2D eigenvalue weighted by molar-refractivity contribution is -0.142. The van der Waals surface area contributed by atoms with E-state index in [1.165, 1.54) is 6.92 Å². The second kappa shape index (κ2) is 7.01. The second-order valence-corrected chi connectivity index (χ2v) is 4.20. The number of hydrogen-bond donors (Lipinski definition) is 3. The molecule has 0 bridgehead atoms. The fraction of sp³-hybridized carbons (Fsp3) is 0.636. The highest BCUT2D eigenvalue weighted by molar-refractivity contribution is 5.78. The summed E-state index contributed by atoms with van der Waals surface area (Å²) < 4.78 is 12.6. The zero-order chi connectivity index (χ0) is 13.5. The van der Waals surface area contributed by atoms with Crippen LogP contribution in [0.1, 0.15) is 26.7 Å². The number of allylic oxidation sites excluding steroid dienone is 1. The third kappa shape index (κ3) is 6.68. The molecule has 0 saturated carbocycles. The summed E-state index contributed by atoms with van der Waals surface area (Å²) >= 11 is 0. The number of amidine groups is 1. The van der Waals surface area contributed by atoms with Crippen molar-refractivity contribution in [3.63, 3.8) is 0 Å². The lowest BCUT2D eigenvalue weighted by atomic mass is 9.94. The van der Waals surface area contributed by atoms with Gasteiger partial charge in [-0.2, -0.15) is 0 Å². The molecule has 0 aliphatic rings. The van der Waals surface area contributed by atoms with Crippen molar-refractivity contribution in [1.82, 2.24) is 0 Å². The molecule has 0 aromatic heterocycles. The third-order valence-electron chi connectivity index (χ3n) is 2.35. The fourth-order valence-corrected chi connectivity index (χ4v) is 1.07. The summed E-state index contributed by atoms with van der Waals surface area (Å²) in [6.07, 6.45) is 2.09. The molecule has 0 aliphatic heterocycles. The Hall–Kier alpha value is -1.43. The van der Waals surface area contributed by atoms with Crippen LogP contribution in [-0.4, -0.2) is 35.7 Å². The van der Waals surface area contributed by atoms with Crippen LogP contribution in [0.3, 0.4) is 0 Å². The van der Waals surface area contributed by atoms with Crippen LogP contribution in [0.15, 0.2) is 16.6 Å². The molecule has 0 radical (unpaired) electrons. The number of carboxylic acids is 1. The SMILES string of the molecule is CC(N)=NC/C=C(/CF)CC[C@](C)(N)C(=O)O. The van der Waals surface area contributed by atoms with E-state index in [9.17, 15) is 9.18 Å². The quantitative estimate of drug-likeness (QED) is 0.351. The Morgan fingerprint density at radius 3 is 2.59 bits per heavy atom. The first-order chi connectivity index (χ1) is 7.79. The number of nitrogens with zero attached hydrogens (tertiary/aromatic N) is 1. The highest BCUT2D eigenvalue weighted by Crippen LogP contribution is 2.14. The molecule has 5 nitrogen and oxygen atoms in total. The van der Waals surface area contributed by atoms with Gasteiger partial charge in [-0.25, -0.2) is 4.39 Å². The summed E-state index contributed by atoms with van der Waals surface area (Å²) in [7, 11) is 0. The van der Waals surface area contributed by atoms with Crippen LogP contribution < -0.4 is 11.5 Å². The average Bonchev–Trinajstić information content (AvgIpc) is 2.22. The van der Waals surface area contributed by atoms with Crippen LogP contribution in [-0.2, 0) is 4.79 Å². The number of aliphatic carboxylic acids is 1. The highest BCUT2D eigenvalue weighted by Gasteiger charge is 2.27. The molecule has 0 unspecified atom stereocenters. The minimum atomic E-state index is -1.33. The molecule has 0 saturated heterocycles. The van der Waals surface area contributed by atoms with Crippen molar-refractivity contribution >= 4 is 11.8 Å². The normalized spacial score (nSPS) is 16.7. The largest absolute Gasteiger partial charge is 0.480 e. The van der Waals surface area contributed by atoms with Crippen LogP contribution in [0.2, 0.25) is 0 Å². The first-order valence-corrected chi connectivity index (χ1v) is 5.32. The van der Waals surface area contributed by atoms with Gasteiger partial charge in [-0.15, -0.1) is 0 Å². The van der Waals surface area contributed by atoms with Gasteiger partial charge < -0.3 is 16.6 Å². The zero-order valence-corrected chi connectivity index (χ0v) is 10.2. The number of alkyl halides is 1. The van der Waals surface area contributed by atoms with Gasteiger partial charge >= 0.3 is 5.97 Å². The summed E-state index contributed by atoms with van der Waals surface area (Å²) in [5.41, 5.74) is 10.0. The van der Waals surface area contributed by atoms with E-state index in [0.29, 0.717) is 24.4 Å². The number of rotatable bonds is 7. The lowest BCUT2D eigenvalue weighted by Crippen LogP contribution is -2.44. The molecule has 17 heavy (non-hydrogen) atoms. The Bertz CT molecular complexity index is 321. The van der Waals surface area contributed by atoms with E-state index in [0.717, 1.165) is 0 Å². The average molecular weight is 245 g/mol. The van der Waals surface area contributed by atoms with Gasteiger partial charge in [0.25, 0.3) is 0 Å². The molecule has 0 aromatic rings. The van der Waals surface area contributed by atoms with Crippen LogP contribution in [0.25, 0.3) is 0 Å². The molecule has 5 N–H and O–H groups in total. The number of hydrogen-bond acceptors (Lipinski definition) is 3. The molecule has 6 heteroatoms. The van der Waals surface area contributed by atoms with Crippen molar-refractivity contribution in [2.75, 3.05) is 13.2 Å². The monoisotopic (exact) mass is 245 g/mol. The van der Waals surface area contributed by atoms with E-state index in [1.54, 1.807) is 13.0 Å². The number of aliphatic imine (C=N–C) groups is 1. The summed E-state index contributed by atoms with van der Waals surface area (Å²) in [6.45, 7) is 2.72. The Kier molecular flexibility index (Phi) is 6.42. The second-order valence-electron chi connectivity index (χ2n) is 4.20. The van der Waals surface area contributed by atoms with E-state index in [4.69, 9.17) is 16.6 Å². The lowest BCUT2D eigenvalue weighted by Gasteiger charge is -2.19. The Labute approximate surface area is 100 Å². The predicted octanol–water partition coefficient (Wildman–Crippen LogP) is 0.842. The molecule has 0 fully saturated rings. The maximum Gasteiger partial charge on any atom is 0.323 e. The molecular formula is C11H20FN3O2. The minimum absolute atomic E-state index is 0.184. The van der Waals surface area contributed by atoms with E-state index in [1.807, 2.05) is 0 Å². The van der Waals surface area contributed by atoms with Gasteiger partial charge in [0.2, 0.25) is 0 Å². The maximum atomic E-state index is 12.6. The molecule has 0 rings (SSSR count). The van der Waals surface area contributed by atoms with Crippen LogP contribution >= 0.6 is 0 Å². The van der Waals surface area contributed by atoms with Gasteiger partial charge in [-0.05, 0) is 32.3 Å². The molecule has 1 atom stereocenters. The van der Waals surface area contributed by atoms with Crippen LogP contribution in [0.4, 0.5) is 4.39 Å². The van der Waals surface area contributed by atoms with Crippen molar-refractivity contribution in [1.29, 1.82) is 0 Å². The smallest absolute Gasteiger partial charge is 0.323 e. The van der Waals surface area contributed by atoms with Gasteiger partial charge in [0.1, 0.15) is 12.2 Å². The van der Waals surface area contributed by atoms with E-state index < -0.39 is 18.2 Å². The fourth-order valence-electron chi connectivity index (χ4n) is 1.07. The zero-order valence-electron chi connectivity index (χ0n) is 10.2. The van der Waals surface area contributed by atoms with E-state index >= 15 is 0 Å². The Morgan fingerprint density at radius 1 is 1.59 bits per heavy atom. The van der Waals surface area contributed by atoms with Crippen molar-refractivity contribution in [2.24, 2.45) is 16.5 Å². The van der Waals surface area contributed by atoms with Gasteiger partial charge in [0.15, 0.2) is 0 Å². The Balaban J connectivity index is 4.33. The van der Waals surface area contributed by atoms with Gasteiger partial charge in [0.05, 0.1) is 12.4 Å². The summed E-state index contributed by atoms with van der Waals surface area (Å²) in [5.74, 6) is -0.666. The summed E-state index contributed by atoms with van der Waals surface area (Å²) in [5, 5.41) is 8.80. The standard InChI is InChI=1S/C11H20FN3O2/c1-8(13)15-6-4-9(7-12)3-5-11(2,14)10(16)17/h4H,3,5-7,14H2,1-2H3,(H2,13,15)(H,16,17)/b9-4+/t11-/m0/s1. The maximum absolute atomic E-state index is 12.6. The van der Waals surface area contributed by atoms with Gasteiger partial charge in [-0.3, -0.25) is 9.79 Å². The summed E-state index contributed by atoms with van der Waals surface area (Å²) in [4.78, 5) is 14.6. The minimum Gasteiger partial charge on any atom is -0.480 e. The van der Waals surface area contributed by atoms with Crippen LogP contribution in [0.5, 0.6) is 0 Å². The summed E-state index contributed by atoms with van der Waals surface area (Å²) in [6, 6.07) is 0. The van der Waals surface area contributed by atoms with E-state index in [-0.39, 0.29) is 6.42 Å². The van der Waals surface area contributed by atoms with Crippen molar-refractivity contribution in [3.05, 3.63) is 11.6 Å². The van der Waals surface area contributed by atoms with E-state index in [2.05, 4.69) is 4.99 Å². The van der Waals surface area contributed by atoms with Crippen LogP contribution in [0, 0.1) is 0 Å². The van der Waals surface area contributed by atoms with Gasteiger partial charge in [-0.1, -0.05) is 6.08 Å². The first-order valence-electron chi connectivity index (χ1n) is 5.32. The molecule has 0 heterocycles. The van der Waals surface area contributed by atoms with Crippen molar-refractivity contribution < 1.29 is 14.3 Å². The predicted molar refractivity (Wildman–Crippen MR) is 65.7 cm³/mol. The topological polar surface area (TPSA) is 102 Å². The molecule has 98 valence electrons. The van der Waals surface area contributed by atoms with Crippen molar-refractivity contribution in [2.45, 2.75) is 32.2 Å². The Morgan fingerprint density at radius 2 is 2.18 bits per heavy atom. The number of halogens is 1. The molecule has 0 aromatic carbocycles.